The second-order valence-corrected chi connectivity index (χ2v) is 5.52. The van der Waals surface area contributed by atoms with Crippen molar-refractivity contribution in [3.63, 3.8) is 0 Å². The highest BCUT2D eigenvalue weighted by Crippen LogP contribution is 2.12. The van der Waals surface area contributed by atoms with Crippen LogP contribution in [0.5, 0.6) is 0 Å². The Morgan fingerprint density at radius 1 is 1.29 bits per heavy atom. The lowest BCUT2D eigenvalue weighted by Crippen LogP contribution is -2.19. The number of ether oxygens (including phenoxy) is 1. The number of pyridine rings is 1. The zero-order valence-electron chi connectivity index (χ0n) is 12.8. The summed E-state index contributed by atoms with van der Waals surface area (Å²) in [6.45, 7) is 7.39. The van der Waals surface area contributed by atoms with Gasteiger partial charge < -0.3 is 14.5 Å². The molecule has 0 aliphatic heterocycles. The summed E-state index contributed by atoms with van der Waals surface area (Å²) in [5, 5.41) is 3.42. The second kappa shape index (κ2) is 8.60. The van der Waals surface area contributed by atoms with Crippen LogP contribution in [0.3, 0.4) is 0 Å². The van der Waals surface area contributed by atoms with Gasteiger partial charge in [-0.25, -0.2) is 0 Å². The van der Waals surface area contributed by atoms with E-state index in [1.165, 1.54) is 5.56 Å². The molecule has 1 N–H and O–H groups in total. The van der Waals surface area contributed by atoms with E-state index in [1.54, 1.807) is 12.5 Å². The lowest BCUT2D eigenvalue weighted by atomic mass is 10.2. The smallest absolute Gasteiger partial charge is 0.133 e. The van der Waals surface area contributed by atoms with Crippen LogP contribution in [0, 0.1) is 5.92 Å². The van der Waals surface area contributed by atoms with Crippen LogP contribution < -0.4 is 5.32 Å². The standard InChI is InChI=1S/C17H24N2O2/c1-14(2)11-18-12-15-6-10-21-17(15)13-20-9-7-16-5-3-4-8-19-16/h3-6,8,10,14,18H,7,9,11-13H2,1-2H3. The van der Waals surface area contributed by atoms with E-state index in [4.69, 9.17) is 9.15 Å². The summed E-state index contributed by atoms with van der Waals surface area (Å²) in [6, 6.07) is 7.93. The molecule has 2 aromatic heterocycles. The first-order valence-corrected chi connectivity index (χ1v) is 7.49. The first kappa shape index (κ1) is 15.7. The molecule has 0 saturated heterocycles. The summed E-state index contributed by atoms with van der Waals surface area (Å²) in [5.74, 6) is 1.56. The summed E-state index contributed by atoms with van der Waals surface area (Å²) in [4.78, 5) is 4.27. The first-order valence-electron chi connectivity index (χ1n) is 7.49. The van der Waals surface area contributed by atoms with Crippen LogP contribution in [-0.4, -0.2) is 18.1 Å². The molecule has 0 unspecified atom stereocenters. The first-order chi connectivity index (χ1) is 10.3. The molecule has 4 nitrogen and oxygen atoms in total. The minimum atomic E-state index is 0.512. The zero-order valence-corrected chi connectivity index (χ0v) is 12.8. The van der Waals surface area contributed by atoms with E-state index in [2.05, 4.69) is 24.1 Å². The molecular formula is C17H24N2O2. The molecule has 2 heterocycles. The Hall–Kier alpha value is -1.65. The Labute approximate surface area is 126 Å². The number of rotatable bonds is 9. The van der Waals surface area contributed by atoms with Crippen molar-refractivity contribution in [3.8, 4) is 0 Å². The van der Waals surface area contributed by atoms with Crippen LogP contribution in [0.2, 0.25) is 0 Å². The van der Waals surface area contributed by atoms with Crippen molar-refractivity contribution in [2.75, 3.05) is 13.2 Å². The zero-order chi connectivity index (χ0) is 14.9. The fourth-order valence-corrected chi connectivity index (χ4v) is 2.03. The van der Waals surface area contributed by atoms with Crippen LogP contribution in [0.25, 0.3) is 0 Å². The Kier molecular flexibility index (Phi) is 6.44. The third-order valence-corrected chi connectivity index (χ3v) is 3.17. The van der Waals surface area contributed by atoms with Gasteiger partial charge in [0.25, 0.3) is 0 Å². The van der Waals surface area contributed by atoms with Crippen LogP contribution >= 0.6 is 0 Å². The predicted molar refractivity (Wildman–Crippen MR) is 82.8 cm³/mol. The highest BCUT2D eigenvalue weighted by molar-refractivity contribution is 5.16. The number of aromatic nitrogens is 1. The molecule has 21 heavy (non-hydrogen) atoms. The van der Waals surface area contributed by atoms with Gasteiger partial charge in [0.15, 0.2) is 0 Å². The summed E-state index contributed by atoms with van der Waals surface area (Å²) >= 11 is 0. The van der Waals surface area contributed by atoms with Gasteiger partial charge in [-0.1, -0.05) is 19.9 Å². The van der Waals surface area contributed by atoms with E-state index in [1.807, 2.05) is 24.3 Å². The van der Waals surface area contributed by atoms with Crippen LogP contribution in [0.4, 0.5) is 0 Å². The maximum atomic E-state index is 5.69. The number of nitrogens with one attached hydrogen (secondary N) is 1. The van der Waals surface area contributed by atoms with Crippen molar-refractivity contribution in [1.82, 2.24) is 10.3 Å². The minimum absolute atomic E-state index is 0.512. The molecule has 0 aliphatic carbocycles. The Balaban J connectivity index is 1.70. The highest BCUT2D eigenvalue weighted by Gasteiger charge is 2.06. The van der Waals surface area contributed by atoms with Crippen molar-refractivity contribution in [1.29, 1.82) is 0 Å². The largest absolute Gasteiger partial charge is 0.467 e. The van der Waals surface area contributed by atoms with Gasteiger partial charge in [-0.2, -0.15) is 0 Å². The van der Waals surface area contributed by atoms with E-state index >= 15 is 0 Å². The number of nitrogens with zero attached hydrogens (tertiary/aromatic N) is 1. The monoisotopic (exact) mass is 288 g/mol. The summed E-state index contributed by atoms with van der Waals surface area (Å²) in [5.41, 5.74) is 2.23. The molecule has 0 saturated carbocycles. The SMILES string of the molecule is CC(C)CNCc1ccoc1COCCc1ccccn1. The van der Waals surface area contributed by atoms with E-state index < -0.39 is 0 Å². The molecule has 0 aromatic carbocycles. The van der Waals surface area contributed by atoms with Gasteiger partial charge in [-0.05, 0) is 30.7 Å². The van der Waals surface area contributed by atoms with Gasteiger partial charge >= 0.3 is 0 Å². The maximum absolute atomic E-state index is 5.69. The topological polar surface area (TPSA) is 47.3 Å². The fourth-order valence-electron chi connectivity index (χ4n) is 2.03. The lowest BCUT2D eigenvalue weighted by molar-refractivity contribution is 0.107. The number of hydrogen-bond acceptors (Lipinski definition) is 4. The van der Waals surface area contributed by atoms with Crippen molar-refractivity contribution >= 4 is 0 Å². The van der Waals surface area contributed by atoms with Gasteiger partial charge in [-0.15, -0.1) is 0 Å². The molecule has 0 amide bonds. The van der Waals surface area contributed by atoms with E-state index in [0.717, 1.165) is 31.0 Å². The Morgan fingerprint density at radius 2 is 2.19 bits per heavy atom. The molecule has 0 fully saturated rings. The summed E-state index contributed by atoms with van der Waals surface area (Å²) < 4.78 is 11.2. The molecule has 0 radical (unpaired) electrons. The number of furan rings is 1. The Morgan fingerprint density at radius 3 is 2.95 bits per heavy atom. The average molecular weight is 288 g/mol. The molecule has 0 bridgehead atoms. The normalized spacial score (nSPS) is 11.2. The summed E-state index contributed by atoms with van der Waals surface area (Å²) in [6.07, 6.45) is 4.35. The molecule has 4 heteroatoms. The molecule has 0 aliphatic rings. The van der Waals surface area contributed by atoms with Crippen molar-refractivity contribution in [2.45, 2.75) is 33.4 Å². The van der Waals surface area contributed by atoms with E-state index in [0.29, 0.717) is 19.1 Å². The van der Waals surface area contributed by atoms with E-state index in [9.17, 15) is 0 Å². The molecular weight excluding hydrogens is 264 g/mol. The lowest BCUT2D eigenvalue weighted by Gasteiger charge is -2.08. The van der Waals surface area contributed by atoms with Gasteiger partial charge in [0.05, 0.1) is 12.9 Å². The summed E-state index contributed by atoms with van der Waals surface area (Å²) in [7, 11) is 0. The molecule has 0 spiro atoms. The maximum Gasteiger partial charge on any atom is 0.133 e. The molecule has 0 atom stereocenters. The predicted octanol–water partition coefficient (Wildman–Crippen LogP) is 3.18. The Bertz CT molecular complexity index is 509. The number of hydrogen-bond donors (Lipinski definition) is 1. The quantitative estimate of drug-likeness (QED) is 0.720. The molecule has 2 aromatic rings. The van der Waals surface area contributed by atoms with Gasteiger partial charge in [-0.3, -0.25) is 4.98 Å². The van der Waals surface area contributed by atoms with Crippen LogP contribution in [0.15, 0.2) is 41.1 Å². The van der Waals surface area contributed by atoms with Crippen molar-refractivity contribution in [2.24, 2.45) is 5.92 Å². The average Bonchev–Trinajstić information content (AvgIpc) is 2.92. The van der Waals surface area contributed by atoms with Crippen molar-refractivity contribution < 1.29 is 9.15 Å². The van der Waals surface area contributed by atoms with E-state index in [-0.39, 0.29) is 0 Å². The third kappa shape index (κ3) is 5.69. The van der Waals surface area contributed by atoms with Gasteiger partial charge in [0.2, 0.25) is 0 Å². The van der Waals surface area contributed by atoms with Crippen LogP contribution in [0.1, 0.15) is 30.9 Å². The highest BCUT2D eigenvalue weighted by atomic mass is 16.5. The van der Waals surface area contributed by atoms with Gasteiger partial charge in [0.1, 0.15) is 12.4 Å². The van der Waals surface area contributed by atoms with Crippen LogP contribution in [-0.2, 0) is 24.3 Å². The fraction of sp³-hybridized carbons (Fsp3) is 0.471. The second-order valence-electron chi connectivity index (χ2n) is 5.52. The van der Waals surface area contributed by atoms with Gasteiger partial charge in [0, 0.05) is 30.4 Å². The molecule has 114 valence electrons. The van der Waals surface area contributed by atoms with Crippen molar-refractivity contribution in [3.05, 3.63) is 53.7 Å². The minimum Gasteiger partial charge on any atom is -0.467 e. The molecule has 2 rings (SSSR count). The third-order valence-electron chi connectivity index (χ3n) is 3.17.